The number of benzene rings is 1. The predicted molar refractivity (Wildman–Crippen MR) is 134 cm³/mol. The van der Waals surface area contributed by atoms with Gasteiger partial charge in [-0.3, -0.25) is 14.8 Å². The van der Waals surface area contributed by atoms with Crippen LogP contribution in [0.5, 0.6) is 0 Å². The summed E-state index contributed by atoms with van der Waals surface area (Å²) in [6.45, 7) is 9.82. The van der Waals surface area contributed by atoms with Gasteiger partial charge in [-0.05, 0) is 37.6 Å². The van der Waals surface area contributed by atoms with Gasteiger partial charge in [0, 0.05) is 64.6 Å². The SMILES string of the molecule is CC(C)N1CCN(Cc2ccc(-c3ccc(S(=O)(=O)N(C)C)cc3)nc2)CC1.Cl.Cl.Cl. The maximum Gasteiger partial charge on any atom is 0.242 e. The monoisotopic (exact) mass is 510 g/mol. The second-order valence-electron chi connectivity index (χ2n) is 7.77. The van der Waals surface area contributed by atoms with E-state index in [1.807, 2.05) is 24.4 Å². The molecule has 10 heteroatoms. The highest BCUT2D eigenvalue weighted by atomic mass is 35.5. The largest absolute Gasteiger partial charge is 0.298 e. The Bertz CT molecular complexity index is 884. The number of rotatable bonds is 6. The Morgan fingerprint density at radius 2 is 1.52 bits per heavy atom. The topological polar surface area (TPSA) is 56.8 Å². The van der Waals surface area contributed by atoms with E-state index in [1.54, 1.807) is 12.1 Å². The van der Waals surface area contributed by atoms with Gasteiger partial charge in [-0.15, -0.1) is 37.2 Å². The van der Waals surface area contributed by atoms with Crippen molar-refractivity contribution in [2.24, 2.45) is 0 Å². The number of halogens is 3. The van der Waals surface area contributed by atoms with Crippen LogP contribution in [0, 0.1) is 0 Å². The van der Waals surface area contributed by atoms with E-state index in [0.717, 1.165) is 44.0 Å². The maximum atomic E-state index is 12.2. The van der Waals surface area contributed by atoms with Gasteiger partial charge in [0.15, 0.2) is 0 Å². The van der Waals surface area contributed by atoms with Crippen LogP contribution in [0.4, 0.5) is 0 Å². The third kappa shape index (κ3) is 7.56. The molecule has 2 heterocycles. The van der Waals surface area contributed by atoms with Gasteiger partial charge in [-0.2, -0.15) is 0 Å². The van der Waals surface area contributed by atoms with Crippen molar-refractivity contribution in [1.29, 1.82) is 0 Å². The number of hydrogen-bond donors (Lipinski definition) is 0. The Kier molecular flexibility index (Phi) is 12.6. The van der Waals surface area contributed by atoms with Crippen molar-refractivity contribution in [3.05, 3.63) is 48.2 Å². The quantitative estimate of drug-likeness (QED) is 0.591. The number of aromatic nitrogens is 1. The molecule has 31 heavy (non-hydrogen) atoms. The zero-order valence-electron chi connectivity index (χ0n) is 18.4. The van der Waals surface area contributed by atoms with Crippen LogP contribution >= 0.6 is 37.2 Å². The summed E-state index contributed by atoms with van der Waals surface area (Å²) in [6.07, 6.45) is 1.93. The average molecular weight is 512 g/mol. The van der Waals surface area contributed by atoms with Gasteiger partial charge >= 0.3 is 0 Å². The number of nitrogens with zero attached hydrogens (tertiary/aromatic N) is 4. The van der Waals surface area contributed by atoms with E-state index in [4.69, 9.17) is 0 Å². The molecule has 1 fully saturated rings. The summed E-state index contributed by atoms with van der Waals surface area (Å²) in [6, 6.07) is 11.6. The summed E-state index contributed by atoms with van der Waals surface area (Å²) >= 11 is 0. The summed E-state index contributed by atoms with van der Waals surface area (Å²) in [5.41, 5.74) is 2.96. The molecule has 6 nitrogen and oxygen atoms in total. The fraction of sp³-hybridized carbons (Fsp3) is 0.476. The molecule has 0 bridgehead atoms. The first-order valence-electron chi connectivity index (χ1n) is 9.71. The van der Waals surface area contributed by atoms with E-state index < -0.39 is 10.0 Å². The van der Waals surface area contributed by atoms with Crippen molar-refractivity contribution in [3.63, 3.8) is 0 Å². The molecule has 1 aliphatic rings. The molecule has 1 saturated heterocycles. The molecule has 0 atom stereocenters. The van der Waals surface area contributed by atoms with Crippen LogP contribution in [0.15, 0.2) is 47.5 Å². The first-order chi connectivity index (χ1) is 13.3. The van der Waals surface area contributed by atoms with E-state index in [9.17, 15) is 8.42 Å². The Morgan fingerprint density at radius 1 is 0.935 bits per heavy atom. The summed E-state index contributed by atoms with van der Waals surface area (Å²) < 4.78 is 25.6. The van der Waals surface area contributed by atoms with E-state index in [0.29, 0.717) is 10.9 Å². The second-order valence-corrected chi connectivity index (χ2v) is 9.92. The fourth-order valence-electron chi connectivity index (χ4n) is 3.39. The van der Waals surface area contributed by atoms with E-state index in [1.165, 1.54) is 24.0 Å². The highest BCUT2D eigenvalue weighted by Gasteiger charge is 2.19. The summed E-state index contributed by atoms with van der Waals surface area (Å²) in [5.74, 6) is 0. The molecule has 3 rings (SSSR count). The van der Waals surface area contributed by atoms with Gasteiger partial charge in [-0.1, -0.05) is 18.2 Å². The van der Waals surface area contributed by atoms with Crippen molar-refractivity contribution < 1.29 is 8.42 Å². The summed E-state index contributed by atoms with van der Waals surface area (Å²) in [7, 11) is -0.337. The first-order valence-corrected chi connectivity index (χ1v) is 11.2. The van der Waals surface area contributed by atoms with Crippen LogP contribution in [-0.4, -0.2) is 73.8 Å². The minimum atomic E-state index is -3.40. The fourth-order valence-corrected chi connectivity index (χ4v) is 4.29. The number of sulfonamides is 1. The van der Waals surface area contributed by atoms with E-state index in [-0.39, 0.29) is 37.2 Å². The van der Waals surface area contributed by atoms with Gasteiger partial charge in [0.25, 0.3) is 0 Å². The third-order valence-corrected chi connectivity index (χ3v) is 7.13. The lowest BCUT2D eigenvalue weighted by Gasteiger charge is -2.36. The molecule has 0 spiro atoms. The Morgan fingerprint density at radius 3 is 1.97 bits per heavy atom. The van der Waals surface area contributed by atoms with Gasteiger partial charge in [-0.25, -0.2) is 12.7 Å². The van der Waals surface area contributed by atoms with Crippen LogP contribution in [0.2, 0.25) is 0 Å². The molecular weight excluding hydrogens is 479 g/mol. The highest BCUT2D eigenvalue weighted by Crippen LogP contribution is 2.21. The lowest BCUT2D eigenvalue weighted by atomic mass is 10.1. The molecule has 0 radical (unpaired) electrons. The Hall–Kier alpha value is -0.930. The zero-order valence-corrected chi connectivity index (χ0v) is 21.7. The molecule has 0 amide bonds. The lowest BCUT2D eigenvalue weighted by Crippen LogP contribution is -2.48. The normalized spacial score (nSPS) is 15.2. The minimum absolute atomic E-state index is 0. The zero-order chi connectivity index (χ0) is 20.3. The molecule has 0 aliphatic carbocycles. The lowest BCUT2D eigenvalue weighted by molar-refractivity contribution is 0.104. The van der Waals surface area contributed by atoms with Crippen LogP contribution in [0.1, 0.15) is 19.4 Å². The van der Waals surface area contributed by atoms with Crippen LogP contribution in [0.3, 0.4) is 0 Å². The molecule has 176 valence electrons. The smallest absolute Gasteiger partial charge is 0.242 e. The molecular formula is C21H33Cl3N4O2S. The van der Waals surface area contributed by atoms with Crippen LogP contribution in [0.25, 0.3) is 11.3 Å². The molecule has 2 aromatic rings. The van der Waals surface area contributed by atoms with Crippen molar-refractivity contribution in [2.45, 2.75) is 31.3 Å². The maximum absolute atomic E-state index is 12.2. The highest BCUT2D eigenvalue weighted by molar-refractivity contribution is 7.89. The number of piperazine rings is 1. The number of hydrogen-bond acceptors (Lipinski definition) is 5. The Labute approximate surface area is 205 Å². The first kappa shape index (κ1) is 30.1. The molecule has 1 aromatic heterocycles. The second kappa shape index (κ2) is 12.9. The molecule has 1 aromatic carbocycles. The molecule has 0 unspecified atom stereocenters. The predicted octanol–water partition coefficient (Wildman–Crippen LogP) is 3.79. The van der Waals surface area contributed by atoms with Crippen LogP contribution in [-0.2, 0) is 16.6 Å². The van der Waals surface area contributed by atoms with Gasteiger partial charge < -0.3 is 0 Å². The minimum Gasteiger partial charge on any atom is -0.298 e. The van der Waals surface area contributed by atoms with Crippen molar-refractivity contribution in [1.82, 2.24) is 19.1 Å². The van der Waals surface area contributed by atoms with E-state index >= 15 is 0 Å². The summed E-state index contributed by atoms with van der Waals surface area (Å²) in [4.78, 5) is 9.86. The van der Waals surface area contributed by atoms with Crippen molar-refractivity contribution in [3.8, 4) is 11.3 Å². The van der Waals surface area contributed by atoms with Crippen LogP contribution < -0.4 is 0 Å². The molecule has 0 saturated carbocycles. The summed E-state index contributed by atoms with van der Waals surface area (Å²) in [5, 5.41) is 0. The Balaban J connectivity index is 0.00000300. The molecule has 0 N–H and O–H groups in total. The molecule has 1 aliphatic heterocycles. The number of pyridine rings is 1. The van der Waals surface area contributed by atoms with Gasteiger partial charge in [0.2, 0.25) is 10.0 Å². The van der Waals surface area contributed by atoms with Gasteiger partial charge in [0.05, 0.1) is 10.6 Å². The van der Waals surface area contributed by atoms with Gasteiger partial charge in [0.1, 0.15) is 0 Å². The van der Waals surface area contributed by atoms with Crippen molar-refractivity contribution >= 4 is 47.2 Å². The van der Waals surface area contributed by atoms with Crippen molar-refractivity contribution in [2.75, 3.05) is 40.3 Å². The average Bonchev–Trinajstić information content (AvgIpc) is 2.69. The van der Waals surface area contributed by atoms with E-state index in [2.05, 4.69) is 34.7 Å². The third-order valence-electron chi connectivity index (χ3n) is 5.30. The standard InChI is InChI=1S/C21H30N4O2S.3ClH/c1-17(2)25-13-11-24(12-14-25)16-18-5-10-21(22-15-18)19-6-8-20(9-7-19)28(26,27)23(3)4;;;/h5-10,15,17H,11-14,16H2,1-4H3;3*1H.